The molecule has 0 aromatic carbocycles. The lowest BCUT2D eigenvalue weighted by Crippen LogP contribution is -2.59. The van der Waals surface area contributed by atoms with Crippen molar-refractivity contribution in [2.24, 2.45) is 0 Å². The summed E-state index contributed by atoms with van der Waals surface area (Å²) in [6.07, 6.45) is -0.760. The van der Waals surface area contributed by atoms with Crippen LogP contribution < -0.4 is 0 Å². The van der Waals surface area contributed by atoms with Gasteiger partial charge in [0.25, 0.3) is 0 Å². The molecule has 0 radical (unpaired) electrons. The zero-order valence-corrected chi connectivity index (χ0v) is 16.2. The first kappa shape index (κ1) is 20.2. The second kappa shape index (κ2) is 5.67. The van der Waals surface area contributed by atoms with Gasteiger partial charge in [0.1, 0.15) is 11.2 Å². The van der Waals surface area contributed by atoms with Gasteiger partial charge in [0.2, 0.25) is 0 Å². The van der Waals surface area contributed by atoms with Crippen LogP contribution in [-0.4, -0.2) is 59.0 Å². The summed E-state index contributed by atoms with van der Waals surface area (Å²) >= 11 is 0. The summed E-state index contributed by atoms with van der Waals surface area (Å²) in [5, 5.41) is 20.5. The number of hydrogen-bond donors (Lipinski definition) is 2. The van der Waals surface area contributed by atoms with E-state index < -0.39 is 48.8 Å². The molecule has 0 aliphatic carbocycles. The van der Waals surface area contributed by atoms with Crippen LogP contribution >= 0.6 is 0 Å². The molecular formula is C15H30B2O7. The largest absolute Gasteiger partial charge is 0.628 e. The minimum atomic E-state index is -1.15. The minimum absolute atomic E-state index is 0.760. The van der Waals surface area contributed by atoms with Crippen molar-refractivity contribution in [1.29, 1.82) is 0 Å². The molecule has 2 aliphatic rings. The van der Waals surface area contributed by atoms with Crippen LogP contribution in [0.3, 0.4) is 0 Å². The third kappa shape index (κ3) is 2.94. The van der Waals surface area contributed by atoms with Gasteiger partial charge in [-0.05, 0) is 62.3 Å². The summed E-state index contributed by atoms with van der Waals surface area (Å²) in [6.45, 7) is 15.8. The van der Waals surface area contributed by atoms with Crippen LogP contribution in [0.15, 0.2) is 0 Å². The fourth-order valence-electron chi connectivity index (χ4n) is 3.12. The van der Waals surface area contributed by atoms with Gasteiger partial charge in [-0.25, -0.2) is 0 Å². The van der Waals surface area contributed by atoms with Crippen molar-refractivity contribution in [2.45, 2.75) is 96.4 Å². The van der Waals surface area contributed by atoms with Crippen LogP contribution in [0.4, 0.5) is 0 Å². The first-order valence-corrected chi connectivity index (χ1v) is 8.33. The zero-order chi connectivity index (χ0) is 18.8. The Hall–Kier alpha value is -0.150. The number of hydrogen-bond acceptors (Lipinski definition) is 7. The molecule has 7 nitrogen and oxygen atoms in total. The van der Waals surface area contributed by atoms with Crippen molar-refractivity contribution in [2.75, 3.05) is 0 Å². The Balaban J connectivity index is 2.12. The molecule has 2 heterocycles. The predicted molar refractivity (Wildman–Crippen MR) is 89.9 cm³/mol. The van der Waals surface area contributed by atoms with E-state index in [1.165, 1.54) is 0 Å². The summed E-state index contributed by atoms with van der Waals surface area (Å²) in [5.74, 6) is 0. The van der Waals surface area contributed by atoms with Gasteiger partial charge in [0.15, 0.2) is 0 Å². The summed E-state index contributed by atoms with van der Waals surface area (Å²) < 4.78 is 28.9. The molecule has 0 aromatic heterocycles. The third-order valence-corrected chi connectivity index (χ3v) is 5.99. The SMILES string of the molecule is CC(O)C1(C)OB(OB2OC(C)(C)C(C)(C(C)(C)O)O2)OC1(C)C. The predicted octanol–water partition coefficient (Wildman–Crippen LogP) is 1.29. The molecule has 0 spiro atoms. The van der Waals surface area contributed by atoms with Gasteiger partial charge < -0.3 is 33.4 Å². The van der Waals surface area contributed by atoms with E-state index in [4.69, 9.17) is 23.2 Å². The van der Waals surface area contributed by atoms with E-state index in [0.717, 1.165) is 0 Å². The van der Waals surface area contributed by atoms with Crippen molar-refractivity contribution in [3.63, 3.8) is 0 Å². The molecule has 2 N–H and O–H groups in total. The Morgan fingerprint density at radius 3 is 1.71 bits per heavy atom. The van der Waals surface area contributed by atoms with Gasteiger partial charge in [-0.1, -0.05) is 0 Å². The second-order valence-electron chi connectivity index (χ2n) is 8.58. The highest BCUT2D eigenvalue weighted by Crippen LogP contribution is 2.46. The van der Waals surface area contributed by atoms with Crippen molar-refractivity contribution in [3.05, 3.63) is 0 Å². The average molecular weight is 344 g/mol. The first-order valence-electron chi connectivity index (χ1n) is 8.33. The summed E-state index contributed by atoms with van der Waals surface area (Å²) in [4.78, 5) is 0. The molecule has 138 valence electrons. The normalized spacial score (nSPS) is 37.1. The van der Waals surface area contributed by atoms with Crippen LogP contribution in [-0.2, 0) is 23.2 Å². The van der Waals surface area contributed by atoms with Crippen LogP contribution in [0, 0.1) is 0 Å². The van der Waals surface area contributed by atoms with Gasteiger partial charge >= 0.3 is 14.6 Å². The Morgan fingerprint density at radius 2 is 1.33 bits per heavy atom. The van der Waals surface area contributed by atoms with E-state index in [9.17, 15) is 10.2 Å². The van der Waals surface area contributed by atoms with E-state index in [-0.39, 0.29) is 0 Å². The number of aliphatic hydroxyl groups is 2. The second-order valence-corrected chi connectivity index (χ2v) is 8.58. The average Bonchev–Trinajstić information content (AvgIpc) is 2.70. The molecule has 0 saturated carbocycles. The summed E-state index contributed by atoms with van der Waals surface area (Å²) in [5.41, 5.74) is -4.64. The quantitative estimate of drug-likeness (QED) is 0.744. The smallest absolute Gasteiger partial charge is 0.399 e. The lowest BCUT2D eigenvalue weighted by atomic mass is 9.76. The molecule has 0 bridgehead atoms. The van der Waals surface area contributed by atoms with E-state index in [2.05, 4.69) is 0 Å². The lowest BCUT2D eigenvalue weighted by Gasteiger charge is -2.44. The molecule has 3 unspecified atom stereocenters. The molecule has 24 heavy (non-hydrogen) atoms. The van der Waals surface area contributed by atoms with Crippen molar-refractivity contribution >= 4 is 14.6 Å². The van der Waals surface area contributed by atoms with Gasteiger partial charge in [-0.2, -0.15) is 0 Å². The molecular weight excluding hydrogens is 314 g/mol. The minimum Gasteiger partial charge on any atom is -0.399 e. The van der Waals surface area contributed by atoms with Crippen molar-refractivity contribution in [3.8, 4) is 0 Å². The maximum atomic E-state index is 10.5. The fraction of sp³-hybridized carbons (Fsp3) is 1.00. The highest BCUT2D eigenvalue weighted by atomic mass is 16.9. The van der Waals surface area contributed by atoms with E-state index >= 15 is 0 Å². The molecule has 0 aromatic rings. The molecule has 2 rings (SSSR count). The topological polar surface area (TPSA) is 86.6 Å². The lowest BCUT2D eigenvalue weighted by molar-refractivity contribution is -0.146. The van der Waals surface area contributed by atoms with Gasteiger partial charge in [0, 0.05) is 0 Å². The van der Waals surface area contributed by atoms with Crippen LogP contribution in [0.5, 0.6) is 0 Å². The van der Waals surface area contributed by atoms with E-state index in [1.54, 1.807) is 34.6 Å². The first-order chi connectivity index (χ1) is 10.6. The van der Waals surface area contributed by atoms with Gasteiger partial charge in [-0.15, -0.1) is 0 Å². The third-order valence-electron chi connectivity index (χ3n) is 5.99. The van der Waals surface area contributed by atoms with Crippen LogP contribution in [0.2, 0.25) is 0 Å². The molecule has 2 saturated heterocycles. The maximum Gasteiger partial charge on any atom is 0.628 e. The van der Waals surface area contributed by atoms with Crippen molar-refractivity contribution in [1.82, 2.24) is 0 Å². The van der Waals surface area contributed by atoms with E-state index in [0.29, 0.717) is 0 Å². The maximum absolute atomic E-state index is 10.5. The monoisotopic (exact) mass is 344 g/mol. The Labute approximate surface area is 145 Å². The van der Waals surface area contributed by atoms with Gasteiger partial charge in [-0.3, -0.25) is 0 Å². The molecule has 2 fully saturated rings. The van der Waals surface area contributed by atoms with Crippen LogP contribution in [0.25, 0.3) is 0 Å². The molecule has 9 heteroatoms. The van der Waals surface area contributed by atoms with E-state index in [1.807, 2.05) is 27.7 Å². The summed E-state index contributed by atoms with van der Waals surface area (Å²) in [6, 6.07) is 0. The summed E-state index contributed by atoms with van der Waals surface area (Å²) in [7, 11) is -2.11. The number of aliphatic hydroxyl groups excluding tert-OH is 1. The Bertz CT molecular complexity index is 491. The number of rotatable bonds is 4. The van der Waals surface area contributed by atoms with Gasteiger partial charge in [0.05, 0.1) is 22.9 Å². The van der Waals surface area contributed by atoms with Crippen LogP contribution in [0.1, 0.15) is 62.3 Å². The Morgan fingerprint density at radius 1 is 0.875 bits per heavy atom. The molecule has 0 amide bonds. The fourth-order valence-corrected chi connectivity index (χ4v) is 3.12. The molecule has 2 aliphatic heterocycles. The zero-order valence-electron chi connectivity index (χ0n) is 16.2. The standard InChI is InChI=1S/C15H30B2O7/c1-10(18)14(8)12(4,5)20-16(22-14)24-17-21-13(6,7)15(9,23-17)11(2,3)19/h10,18-19H,1-9H3. The highest BCUT2D eigenvalue weighted by Gasteiger charge is 2.65. The Kier molecular flexibility index (Phi) is 4.77. The highest BCUT2D eigenvalue weighted by molar-refractivity contribution is 6.53. The van der Waals surface area contributed by atoms with Crippen molar-refractivity contribution < 1.29 is 33.4 Å². The molecule has 3 atom stereocenters.